The summed E-state index contributed by atoms with van der Waals surface area (Å²) >= 11 is 0. The molecule has 4 saturated heterocycles. The van der Waals surface area contributed by atoms with Crippen molar-refractivity contribution in [2.45, 2.75) is 50.9 Å². The molecule has 2 unspecified atom stereocenters. The number of carbonyl (C=O) groups is 7. The van der Waals surface area contributed by atoms with Crippen LogP contribution in [0.25, 0.3) is 0 Å². The minimum atomic E-state index is -0.981. The molecule has 4 N–H and O–H groups in total. The van der Waals surface area contributed by atoms with Crippen molar-refractivity contribution in [2.75, 3.05) is 62.2 Å². The van der Waals surface area contributed by atoms with Crippen LogP contribution in [0.3, 0.4) is 0 Å². The highest BCUT2D eigenvalue weighted by Crippen LogP contribution is 2.34. The summed E-state index contributed by atoms with van der Waals surface area (Å²) in [7, 11) is 0. The van der Waals surface area contributed by atoms with Crippen LogP contribution in [0.2, 0.25) is 0 Å². The molecule has 0 aliphatic carbocycles. The summed E-state index contributed by atoms with van der Waals surface area (Å²) in [6.45, 7) is 5.00. The average molecular weight is 737 g/mol. The molecule has 4 fully saturated rings. The number of carbonyl (C=O) groups excluding carboxylic acids is 6. The van der Waals surface area contributed by atoms with E-state index >= 15 is 0 Å². The van der Waals surface area contributed by atoms with Crippen LogP contribution in [0.4, 0.5) is 25.0 Å². The maximum absolute atomic E-state index is 14.7. The summed E-state index contributed by atoms with van der Waals surface area (Å²) in [5, 5.41) is 16.8. The standard InChI is InChI=1S/C18H19FN4O5.C17H19FN4O3/c19-12-8-11(21-3-5-22(6-4-21)18(27)28)7-10-9-23(17(26)15(10)12)13-1-2-14(24)20-16(13)25;18-12-8-11(21-5-3-19-4-6-21)7-10-9-22(17(25)15(10)12)13-1-2-14(23)20-16(13)24/h7-8,13H,1-6,9H2,(H,27,28)(H,20,24,25);7-8,13,19H,1-6,9H2,(H,20,23,24). The van der Waals surface area contributed by atoms with Gasteiger partial charge in [0, 0.05) is 89.7 Å². The average Bonchev–Trinajstić information content (AvgIpc) is 3.65. The van der Waals surface area contributed by atoms with E-state index in [-0.39, 0.29) is 61.7 Å². The molecule has 6 aliphatic rings. The molecule has 2 atom stereocenters. The zero-order chi connectivity index (χ0) is 37.6. The predicted molar refractivity (Wildman–Crippen MR) is 182 cm³/mol. The topological polar surface area (TPSA) is 192 Å². The molecule has 2 aromatic carbocycles. The van der Waals surface area contributed by atoms with Crippen molar-refractivity contribution in [1.82, 2.24) is 30.7 Å². The third kappa shape index (κ3) is 6.97. The van der Waals surface area contributed by atoms with Crippen molar-refractivity contribution < 1.29 is 47.4 Å². The van der Waals surface area contributed by atoms with E-state index in [2.05, 4.69) is 20.9 Å². The Hall–Kier alpha value is -5.65. The molecule has 0 spiro atoms. The van der Waals surface area contributed by atoms with Gasteiger partial charge in [-0.25, -0.2) is 13.6 Å². The Bertz CT molecular complexity index is 1910. The van der Waals surface area contributed by atoms with Gasteiger partial charge in [-0.05, 0) is 48.2 Å². The van der Waals surface area contributed by atoms with Crippen LogP contribution in [0.5, 0.6) is 0 Å². The fraction of sp³-hybridized carbons (Fsp3) is 0.457. The summed E-state index contributed by atoms with van der Waals surface area (Å²) in [6, 6.07) is 4.72. The summed E-state index contributed by atoms with van der Waals surface area (Å²) in [5.41, 5.74) is 2.43. The monoisotopic (exact) mass is 736 g/mol. The Morgan fingerprint density at radius 3 is 1.49 bits per heavy atom. The molecule has 6 heterocycles. The maximum atomic E-state index is 14.7. The highest BCUT2D eigenvalue weighted by molar-refractivity contribution is 6.06. The van der Waals surface area contributed by atoms with Crippen LogP contribution < -0.4 is 25.8 Å². The van der Waals surface area contributed by atoms with Gasteiger partial charge in [0.15, 0.2) is 0 Å². The second-order valence-corrected chi connectivity index (χ2v) is 13.7. The number of piperazine rings is 2. The quantitative estimate of drug-likeness (QED) is 0.318. The summed E-state index contributed by atoms with van der Waals surface area (Å²) in [6.07, 6.45) is -0.166. The maximum Gasteiger partial charge on any atom is 0.407 e. The molecule has 0 aromatic heterocycles. The van der Waals surface area contributed by atoms with Gasteiger partial charge in [0.05, 0.1) is 11.1 Å². The van der Waals surface area contributed by atoms with Crippen LogP contribution in [-0.4, -0.2) is 126 Å². The summed E-state index contributed by atoms with van der Waals surface area (Å²) in [5.74, 6) is -3.98. The fourth-order valence-corrected chi connectivity index (χ4v) is 7.73. The number of imide groups is 2. The third-order valence-electron chi connectivity index (χ3n) is 10.5. The van der Waals surface area contributed by atoms with Crippen molar-refractivity contribution in [3.8, 4) is 0 Å². The van der Waals surface area contributed by atoms with Crippen LogP contribution in [-0.2, 0) is 32.3 Å². The minimum absolute atomic E-state index is 0.0439. The Morgan fingerprint density at radius 1 is 0.642 bits per heavy atom. The zero-order valence-electron chi connectivity index (χ0n) is 28.7. The lowest BCUT2D eigenvalue weighted by molar-refractivity contribution is -0.138. The number of piperidine rings is 2. The second-order valence-electron chi connectivity index (χ2n) is 13.7. The SMILES string of the molecule is O=C1CCC(N2Cc3cc(N4CCN(C(=O)O)CC4)cc(F)c3C2=O)C(=O)N1.O=C1CCC(N2Cc3cc(N4CCNCC4)cc(F)c3C2=O)C(=O)N1. The zero-order valence-corrected chi connectivity index (χ0v) is 28.7. The lowest BCUT2D eigenvalue weighted by Gasteiger charge is -2.34. The first-order valence-corrected chi connectivity index (χ1v) is 17.5. The molecule has 280 valence electrons. The van der Waals surface area contributed by atoms with Crippen molar-refractivity contribution in [3.05, 3.63) is 58.2 Å². The van der Waals surface area contributed by atoms with E-state index in [1.165, 1.54) is 26.8 Å². The van der Waals surface area contributed by atoms with E-state index in [0.717, 1.165) is 31.9 Å². The van der Waals surface area contributed by atoms with Crippen molar-refractivity contribution in [1.29, 1.82) is 0 Å². The van der Waals surface area contributed by atoms with Crippen molar-refractivity contribution in [3.63, 3.8) is 0 Å². The van der Waals surface area contributed by atoms with Gasteiger partial charge >= 0.3 is 6.09 Å². The molecule has 0 saturated carbocycles. The van der Waals surface area contributed by atoms with E-state index in [1.807, 2.05) is 11.0 Å². The largest absolute Gasteiger partial charge is 0.465 e. The molecular formula is C35H38F2N8O8. The predicted octanol–water partition coefficient (Wildman–Crippen LogP) is 0.383. The number of carboxylic acid groups (broad SMARTS) is 1. The number of nitrogens with one attached hydrogen (secondary N) is 3. The number of benzene rings is 2. The Labute approximate surface area is 302 Å². The normalized spacial score (nSPS) is 23.0. The molecule has 7 amide bonds. The Morgan fingerprint density at radius 2 is 1.08 bits per heavy atom. The van der Waals surface area contributed by atoms with E-state index < -0.39 is 53.4 Å². The number of fused-ring (bicyclic) bond motifs is 2. The molecule has 2 aromatic rings. The second kappa shape index (κ2) is 14.4. The summed E-state index contributed by atoms with van der Waals surface area (Å²) < 4.78 is 29.3. The van der Waals surface area contributed by atoms with Gasteiger partial charge < -0.3 is 34.9 Å². The number of hydrogen-bond donors (Lipinski definition) is 4. The minimum Gasteiger partial charge on any atom is -0.465 e. The van der Waals surface area contributed by atoms with Crippen LogP contribution >= 0.6 is 0 Å². The van der Waals surface area contributed by atoms with Crippen LogP contribution in [0, 0.1) is 11.6 Å². The number of rotatable bonds is 4. The first-order valence-electron chi connectivity index (χ1n) is 17.5. The molecule has 53 heavy (non-hydrogen) atoms. The highest BCUT2D eigenvalue weighted by atomic mass is 19.1. The van der Waals surface area contributed by atoms with Crippen LogP contribution in [0.15, 0.2) is 24.3 Å². The fourth-order valence-electron chi connectivity index (χ4n) is 7.73. The lowest BCUT2D eigenvalue weighted by Crippen LogP contribution is -2.52. The van der Waals surface area contributed by atoms with Gasteiger partial charge in [-0.2, -0.15) is 0 Å². The molecule has 6 aliphatic heterocycles. The van der Waals surface area contributed by atoms with Gasteiger partial charge in [0.2, 0.25) is 23.6 Å². The van der Waals surface area contributed by atoms with Crippen molar-refractivity contribution >= 4 is 52.9 Å². The number of amides is 7. The van der Waals surface area contributed by atoms with E-state index in [0.29, 0.717) is 43.0 Å². The van der Waals surface area contributed by atoms with Crippen molar-refractivity contribution in [2.24, 2.45) is 0 Å². The molecule has 16 nitrogen and oxygen atoms in total. The third-order valence-corrected chi connectivity index (χ3v) is 10.5. The highest BCUT2D eigenvalue weighted by Gasteiger charge is 2.42. The smallest absolute Gasteiger partial charge is 0.407 e. The van der Waals surface area contributed by atoms with Gasteiger partial charge in [0.25, 0.3) is 11.8 Å². The Balaban J connectivity index is 0.000000165. The van der Waals surface area contributed by atoms with Gasteiger partial charge in [-0.1, -0.05) is 0 Å². The number of hydrogen-bond acceptors (Lipinski definition) is 10. The molecule has 0 radical (unpaired) electrons. The first-order chi connectivity index (χ1) is 25.4. The lowest BCUT2D eigenvalue weighted by atomic mass is 10.0. The van der Waals surface area contributed by atoms with E-state index in [1.54, 1.807) is 6.07 Å². The van der Waals surface area contributed by atoms with Crippen LogP contribution in [0.1, 0.15) is 57.5 Å². The Kier molecular flexibility index (Phi) is 9.71. The molecule has 18 heteroatoms. The van der Waals surface area contributed by atoms with E-state index in [9.17, 15) is 42.3 Å². The number of nitrogens with zero attached hydrogens (tertiary/aromatic N) is 5. The van der Waals surface area contributed by atoms with Gasteiger partial charge in [-0.3, -0.25) is 39.4 Å². The molecule has 8 rings (SSSR count). The number of anilines is 2. The molecule has 0 bridgehead atoms. The van der Waals surface area contributed by atoms with Gasteiger partial charge in [-0.15, -0.1) is 0 Å². The van der Waals surface area contributed by atoms with E-state index in [4.69, 9.17) is 5.11 Å². The number of halogens is 2. The summed E-state index contributed by atoms with van der Waals surface area (Å²) in [4.78, 5) is 91.1. The molecular weight excluding hydrogens is 698 g/mol. The first kappa shape index (κ1) is 35.7. The van der Waals surface area contributed by atoms with Gasteiger partial charge in [0.1, 0.15) is 23.7 Å².